The molecular weight excluding hydrogens is 314 g/mol. The summed E-state index contributed by atoms with van der Waals surface area (Å²) in [6, 6.07) is 10.5. The molecule has 0 saturated carbocycles. The van der Waals surface area contributed by atoms with Crippen LogP contribution in [0.4, 0.5) is 8.78 Å². The molecule has 4 nitrogen and oxygen atoms in total. The second kappa shape index (κ2) is 7.57. The molecule has 6 heteroatoms. The van der Waals surface area contributed by atoms with Gasteiger partial charge in [-0.3, -0.25) is 9.69 Å². The van der Waals surface area contributed by atoms with Crippen LogP contribution in [0, 0.1) is 0 Å². The number of H-pyrrole nitrogens is 1. The van der Waals surface area contributed by atoms with Gasteiger partial charge in [0.2, 0.25) is 5.56 Å². The van der Waals surface area contributed by atoms with E-state index in [-0.39, 0.29) is 11.3 Å². The normalized spacial score (nSPS) is 16.5. The highest BCUT2D eigenvalue weighted by Crippen LogP contribution is 2.29. The molecule has 0 bridgehead atoms. The minimum Gasteiger partial charge on any atom is -0.434 e. The van der Waals surface area contributed by atoms with Crippen LogP contribution >= 0.6 is 0 Å². The average Bonchev–Trinajstić information content (AvgIpc) is 2.57. The summed E-state index contributed by atoms with van der Waals surface area (Å²) in [6.07, 6.45) is 3.57. The van der Waals surface area contributed by atoms with Crippen molar-refractivity contribution in [1.82, 2.24) is 9.88 Å². The van der Waals surface area contributed by atoms with Gasteiger partial charge in [0.25, 0.3) is 0 Å². The Hall–Kier alpha value is -2.21. The van der Waals surface area contributed by atoms with Crippen molar-refractivity contribution in [3.63, 3.8) is 0 Å². The summed E-state index contributed by atoms with van der Waals surface area (Å²) in [5, 5.41) is 0. The number of para-hydroxylation sites is 1. The fourth-order valence-corrected chi connectivity index (χ4v) is 3.23. The molecule has 1 aliphatic heterocycles. The van der Waals surface area contributed by atoms with Crippen molar-refractivity contribution in [2.24, 2.45) is 0 Å². The fourth-order valence-electron chi connectivity index (χ4n) is 3.23. The number of aromatic nitrogens is 1. The average molecular weight is 334 g/mol. The van der Waals surface area contributed by atoms with Gasteiger partial charge >= 0.3 is 6.61 Å². The number of aromatic amines is 1. The van der Waals surface area contributed by atoms with Crippen LogP contribution in [0.5, 0.6) is 5.75 Å². The van der Waals surface area contributed by atoms with Gasteiger partial charge in [-0.15, -0.1) is 0 Å². The summed E-state index contributed by atoms with van der Waals surface area (Å²) in [4.78, 5) is 16.3. The van der Waals surface area contributed by atoms with Crippen LogP contribution < -0.4 is 10.3 Å². The molecule has 1 aromatic heterocycles. The minimum atomic E-state index is -2.81. The Balaban J connectivity index is 1.61. The third-order valence-corrected chi connectivity index (χ3v) is 4.44. The van der Waals surface area contributed by atoms with Gasteiger partial charge in [0, 0.05) is 24.4 Å². The molecule has 3 rings (SSSR count). The molecule has 0 amide bonds. The molecule has 1 fully saturated rings. The quantitative estimate of drug-likeness (QED) is 0.912. The first-order chi connectivity index (χ1) is 11.6. The summed E-state index contributed by atoms with van der Waals surface area (Å²) in [6.45, 7) is -0.501. The van der Waals surface area contributed by atoms with E-state index in [1.807, 2.05) is 18.2 Å². The van der Waals surface area contributed by atoms with Crippen LogP contribution in [-0.4, -0.2) is 29.6 Å². The Morgan fingerprint density at radius 3 is 2.67 bits per heavy atom. The number of rotatable bonds is 5. The fraction of sp³-hybridized carbons (Fsp3) is 0.389. The molecule has 0 atom stereocenters. The highest BCUT2D eigenvalue weighted by Gasteiger charge is 2.22. The van der Waals surface area contributed by atoms with Gasteiger partial charge in [0.05, 0.1) is 0 Å². The number of hydrogen-bond donors (Lipinski definition) is 1. The lowest BCUT2D eigenvalue weighted by atomic mass is 9.90. The van der Waals surface area contributed by atoms with Crippen molar-refractivity contribution in [3.05, 3.63) is 64.1 Å². The van der Waals surface area contributed by atoms with Crippen molar-refractivity contribution in [2.45, 2.75) is 31.9 Å². The van der Waals surface area contributed by atoms with E-state index in [0.29, 0.717) is 12.5 Å². The zero-order valence-corrected chi connectivity index (χ0v) is 13.3. The third kappa shape index (κ3) is 4.20. The maximum atomic E-state index is 12.5. The Bertz CT molecular complexity index is 725. The molecule has 1 saturated heterocycles. The van der Waals surface area contributed by atoms with Crippen LogP contribution in [-0.2, 0) is 6.54 Å². The molecule has 2 aromatic rings. The molecule has 128 valence electrons. The van der Waals surface area contributed by atoms with Gasteiger partial charge in [0.1, 0.15) is 5.75 Å². The SMILES string of the molecule is O=c1cc(C2CCN(Cc3ccccc3OC(F)F)CC2)cc[nH]1. The van der Waals surface area contributed by atoms with Gasteiger partial charge in [-0.05, 0) is 49.5 Å². The summed E-state index contributed by atoms with van der Waals surface area (Å²) in [5.74, 6) is 0.611. The van der Waals surface area contributed by atoms with E-state index in [4.69, 9.17) is 0 Å². The summed E-state index contributed by atoms with van der Waals surface area (Å²) < 4.78 is 29.6. The first-order valence-electron chi connectivity index (χ1n) is 8.05. The molecule has 1 aromatic carbocycles. The second-order valence-corrected chi connectivity index (χ2v) is 6.02. The molecule has 0 radical (unpaired) electrons. The number of nitrogens with one attached hydrogen (secondary N) is 1. The van der Waals surface area contributed by atoms with Crippen LogP contribution in [0.1, 0.15) is 29.9 Å². The van der Waals surface area contributed by atoms with Crippen LogP contribution in [0.25, 0.3) is 0 Å². The molecule has 2 heterocycles. The van der Waals surface area contributed by atoms with E-state index >= 15 is 0 Å². The first kappa shape index (κ1) is 16.6. The van der Waals surface area contributed by atoms with Crippen molar-refractivity contribution in [1.29, 1.82) is 0 Å². The van der Waals surface area contributed by atoms with E-state index in [1.54, 1.807) is 24.4 Å². The van der Waals surface area contributed by atoms with Gasteiger partial charge < -0.3 is 9.72 Å². The topological polar surface area (TPSA) is 45.3 Å². The zero-order chi connectivity index (χ0) is 16.9. The predicted molar refractivity (Wildman–Crippen MR) is 87.4 cm³/mol. The number of benzene rings is 1. The lowest BCUT2D eigenvalue weighted by molar-refractivity contribution is -0.0508. The Labute approximate surface area is 139 Å². The summed E-state index contributed by atoms with van der Waals surface area (Å²) >= 11 is 0. The van der Waals surface area contributed by atoms with E-state index in [2.05, 4.69) is 14.6 Å². The van der Waals surface area contributed by atoms with E-state index in [1.165, 1.54) is 0 Å². The number of ether oxygens (including phenoxy) is 1. The van der Waals surface area contributed by atoms with Gasteiger partial charge in [-0.25, -0.2) is 0 Å². The van der Waals surface area contributed by atoms with E-state index in [9.17, 15) is 13.6 Å². The molecule has 1 N–H and O–H groups in total. The van der Waals surface area contributed by atoms with Crippen molar-refractivity contribution < 1.29 is 13.5 Å². The lowest BCUT2D eigenvalue weighted by Crippen LogP contribution is -2.32. The first-order valence-corrected chi connectivity index (χ1v) is 8.05. The monoisotopic (exact) mass is 334 g/mol. The highest BCUT2D eigenvalue weighted by molar-refractivity contribution is 5.33. The molecule has 0 unspecified atom stereocenters. The molecule has 0 spiro atoms. The Kier molecular flexibility index (Phi) is 5.25. The van der Waals surface area contributed by atoms with E-state index in [0.717, 1.165) is 37.1 Å². The van der Waals surface area contributed by atoms with Crippen molar-refractivity contribution >= 4 is 0 Å². The standard InChI is InChI=1S/C18H20F2N2O2/c19-18(20)24-16-4-2-1-3-15(16)12-22-9-6-13(7-10-22)14-5-8-21-17(23)11-14/h1-5,8,11,13,18H,6-7,9-10,12H2,(H,21,23). The number of nitrogens with zero attached hydrogens (tertiary/aromatic N) is 1. The zero-order valence-electron chi connectivity index (χ0n) is 13.3. The number of likely N-dealkylation sites (tertiary alicyclic amines) is 1. The van der Waals surface area contributed by atoms with Gasteiger partial charge in [-0.2, -0.15) is 8.78 Å². The van der Waals surface area contributed by atoms with E-state index < -0.39 is 6.61 Å². The van der Waals surface area contributed by atoms with Gasteiger partial charge in [0.15, 0.2) is 0 Å². The molecular formula is C18H20F2N2O2. The number of halogens is 2. The number of piperidine rings is 1. The highest BCUT2D eigenvalue weighted by atomic mass is 19.3. The maximum Gasteiger partial charge on any atom is 0.387 e. The molecule has 0 aliphatic carbocycles. The largest absolute Gasteiger partial charge is 0.434 e. The maximum absolute atomic E-state index is 12.5. The van der Waals surface area contributed by atoms with Crippen LogP contribution in [0.2, 0.25) is 0 Å². The number of hydrogen-bond acceptors (Lipinski definition) is 3. The molecule has 1 aliphatic rings. The Morgan fingerprint density at radius 2 is 1.96 bits per heavy atom. The van der Waals surface area contributed by atoms with Crippen molar-refractivity contribution in [2.75, 3.05) is 13.1 Å². The van der Waals surface area contributed by atoms with Crippen molar-refractivity contribution in [3.8, 4) is 5.75 Å². The van der Waals surface area contributed by atoms with Crippen LogP contribution in [0.3, 0.4) is 0 Å². The lowest BCUT2D eigenvalue weighted by Gasteiger charge is -2.32. The minimum absolute atomic E-state index is 0.0759. The predicted octanol–water partition coefficient (Wildman–Crippen LogP) is 3.36. The molecule has 24 heavy (non-hydrogen) atoms. The second-order valence-electron chi connectivity index (χ2n) is 6.02. The smallest absolute Gasteiger partial charge is 0.387 e. The van der Waals surface area contributed by atoms with Gasteiger partial charge in [-0.1, -0.05) is 18.2 Å². The summed E-state index contributed by atoms with van der Waals surface area (Å²) in [7, 11) is 0. The Morgan fingerprint density at radius 1 is 1.21 bits per heavy atom. The third-order valence-electron chi connectivity index (χ3n) is 4.44. The number of alkyl halides is 2. The summed E-state index contributed by atoms with van der Waals surface area (Å²) in [5.41, 5.74) is 1.76. The van der Waals surface area contributed by atoms with Crippen LogP contribution in [0.15, 0.2) is 47.4 Å². The number of pyridine rings is 1.